The first-order valence-corrected chi connectivity index (χ1v) is 10.0. The number of carbonyl (C=O) groups excluding carboxylic acids is 2. The summed E-state index contributed by atoms with van der Waals surface area (Å²) in [6.45, 7) is 4.29. The average Bonchev–Trinajstić information content (AvgIpc) is 2.68. The molecule has 1 aliphatic heterocycles. The number of carbonyl (C=O) groups is 2. The molecule has 8 heteroatoms. The van der Waals surface area contributed by atoms with Crippen molar-refractivity contribution >= 4 is 56.8 Å². The molecule has 0 aliphatic carbocycles. The van der Waals surface area contributed by atoms with Crippen LogP contribution in [0.4, 0.5) is 5.69 Å². The highest BCUT2D eigenvalue weighted by Crippen LogP contribution is 2.37. The molecule has 1 saturated heterocycles. The summed E-state index contributed by atoms with van der Waals surface area (Å²) in [4.78, 5) is 26.9. The lowest BCUT2D eigenvalue weighted by atomic mass is 10.1. The molecule has 0 radical (unpaired) electrons. The number of hydrogen-bond acceptors (Lipinski definition) is 5. The molecular formula is C21H19BrN2O4S. The van der Waals surface area contributed by atoms with E-state index in [1.807, 2.05) is 26.0 Å². The zero-order valence-corrected chi connectivity index (χ0v) is 18.5. The van der Waals surface area contributed by atoms with Crippen LogP contribution in [0.15, 0.2) is 46.4 Å². The largest absolute Gasteiger partial charge is 0.493 e. The lowest BCUT2D eigenvalue weighted by Crippen LogP contribution is -2.54. The second-order valence-corrected chi connectivity index (χ2v) is 7.50. The number of amides is 2. The summed E-state index contributed by atoms with van der Waals surface area (Å²) >= 11 is 8.67. The fourth-order valence-electron chi connectivity index (χ4n) is 2.86. The fraction of sp³-hybridized carbons (Fsp3) is 0.190. The van der Waals surface area contributed by atoms with Gasteiger partial charge in [-0.1, -0.05) is 17.7 Å². The first-order valence-electron chi connectivity index (χ1n) is 8.84. The molecule has 3 rings (SSSR count). The van der Waals surface area contributed by atoms with Crippen LogP contribution in [-0.2, 0) is 9.59 Å². The van der Waals surface area contributed by atoms with Gasteiger partial charge in [-0.15, -0.1) is 0 Å². The number of methoxy groups -OCH3 is 1. The van der Waals surface area contributed by atoms with Crippen LogP contribution in [0.3, 0.4) is 0 Å². The fourth-order valence-corrected chi connectivity index (χ4v) is 3.72. The van der Waals surface area contributed by atoms with Crippen molar-refractivity contribution in [3.8, 4) is 11.5 Å². The minimum atomic E-state index is -0.549. The van der Waals surface area contributed by atoms with E-state index < -0.39 is 11.8 Å². The van der Waals surface area contributed by atoms with Crippen LogP contribution in [0, 0.1) is 6.92 Å². The van der Waals surface area contributed by atoms with Crippen LogP contribution in [0.5, 0.6) is 11.5 Å². The van der Waals surface area contributed by atoms with Gasteiger partial charge >= 0.3 is 0 Å². The topological polar surface area (TPSA) is 67.9 Å². The summed E-state index contributed by atoms with van der Waals surface area (Å²) in [6, 6.07) is 10.8. The molecule has 1 heterocycles. The van der Waals surface area contributed by atoms with Crippen molar-refractivity contribution in [2.24, 2.45) is 0 Å². The number of thiocarbonyl (C=S) groups is 1. The van der Waals surface area contributed by atoms with Crippen LogP contribution in [0.1, 0.15) is 18.1 Å². The van der Waals surface area contributed by atoms with Crippen molar-refractivity contribution < 1.29 is 19.1 Å². The number of rotatable bonds is 5. The maximum absolute atomic E-state index is 13.1. The minimum absolute atomic E-state index is 0.0303. The average molecular weight is 475 g/mol. The number of hydrogen-bond donors (Lipinski definition) is 1. The summed E-state index contributed by atoms with van der Waals surface area (Å²) in [6.07, 6.45) is 1.50. The van der Waals surface area contributed by atoms with Crippen LogP contribution in [0.2, 0.25) is 0 Å². The highest BCUT2D eigenvalue weighted by atomic mass is 79.9. The summed E-state index contributed by atoms with van der Waals surface area (Å²) in [5.41, 5.74) is 2.21. The monoisotopic (exact) mass is 474 g/mol. The number of aryl methyl sites for hydroxylation is 1. The quantitative estimate of drug-likeness (QED) is 0.403. The molecule has 1 fully saturated rings. The standard InChI is InChI=1S/C21H19BrN2O4S/c1-4-28-18-16(22)10-13(11-17(18)27-3)9-15-19(25)23-21(29)24(20(15)26)14-7-5-12(2)6-8-14/h5-11H,4H2,1-3H3,(H,23,25,29). The summed E-state index contributed by atoms with van der Waals surface area (Å²) in [7, 11) is 1.53. The number of halogens is 1. The SMILES string of the molecule is CCOc1c(Br)cc(C=C2C(=O)NC(=S)N(c3ccc(C)cc3)C2=O)cc1OC. The molecule has 0 spiro atoms. The first kappa shape index (κ1) is 21.0. The van der Waals surface area contributed by atoms with Gasteiger partial charge in [-0.25, -0.2) is 0 Å². The smallest absolute Gasteiger partial charge is 0.270 e. The van der Waals surface area contributed by atoms with Crippen molar-refractivity contribution in [1.29, 1.82) is 0 Å². The molecule has 0 unspecified atom stereocenters. The molecule has 0 aromatic heterocycles. The Morgan fingerprint density at radius 1 is 1.21 bits per heavy atom. The van der Waals surface area contributed by atoms with Gasteiger partial charge in [0.25, 0.3) is 11.8 Å². The number of benzene rings is 2. The van der Waals surface area contributed by atoms with Crippen molar-refractivity contribution in [3.05, 3.63) is 57.6 Å². The first-order chi connectivity index (χ1) is 13.8. The highest BCUT2D eigenvalue weighted by Gasteiger charge is 2.34. The van der Waals surface area contributed by atoms with Crippen molar-refractivity contribution in [2.75, 3.05) is 18.6 Å². The Morgan fingerprint density at radius 2 is 1.90 bits per heavy atom. The number of nitrogens with zero attached hydrogens (tertiary/aromatic N) is 1. The van der Waals surface area contributed by atoms with Gasteiger partial charge in [-0.3, -0.25) is 19.8 Å². The normalized spacial score (nSPS) is 15.5. The van der Waals surface area contributed by atoms with E-state index in [-0.39, 0.29) is 10.7 Å². The van der Waals surface area contributed by atoms with Gasteiger partial charge in [0.05, 0.1) is 23.9 Å². The Hall–Kier alpha value is -2.71. The van der Waals surface area contributed by atoms with E-state index in [0.29, 0.717) is 33.8 Å². The van der Waals surface area contributed by atoms with Gasteiger partial charge in [0.15, 0.2) is 16.6 Å². The van der Waals surface area contributed by atoms with Crippen molar-refractivity contribution in [3.63, 3.8) is 0 Å². The third kappa shape index (κ3) is 4.33. The highest BCUT2D eigenvalue weighted by molar-refractivity contribution is 9.10. The molecule has 6 nitrogen and oxygen atoms in total. The summed E-state index contributed by atoms with van der Waals surface area (Å²) in [5, 5.41) is 2.63. The predicted octanol–water partition coefficient (Wildman–Crippen LogP) is 4.00. The second-order valence-electron chi connectivity index (χ2n) is 6.26. The van der Waals surface area contributed by atoms with Crippen LogP contribution in [-0.4, -0.2) is 30.6 Å². The van der Waals surface area contributed by atoms with Gasteiger partial charge in [0, 0.05) is 0 Å². The van der Waals surface area contributed by atoms with Gasteiger partial charge in [0.2, 0.25) is 0 Å². The van der Waals surface area contributed by atoms with Crippen LogP contribution < -0.4 is 19.7 Å². The molecule has 0 atom stereocenters. The summed E-state index contributed by atoms with van der Waals surface area (Å²) in [5.74, 6) is 0.000554. The second kappa shape index (κ2) is 8.75. The van der Waals surface area contributed by atoms with E-state index in [2.05, 4.69) is 21.2 Å². The van der Waals surface area contributed by atoms with Crippen LogP contribution >= 0.6 is 28.1 Å². The zero-order valence-electron chi connectivity index (χ0n) is 16.1. The lowest BCUT2D eigenvalue weighted by molar-refractivity contribution is -0.122. The van der Waals surface area contributed by atoms with E-state index in [0.717, 1.165) is 5.56 Å². The Morgan fingerprint density at radius 3 is 2.52 bits per heavy atom. The van der Waals surface area contributed by atoms with E-state index in [9.17, 15) is 9.59 Å². The Labute approximate surface area is 182 Å². The molecule has 29 heavy (non-hydrogen) atoms. The van der Waals surface area contributed by atoms with E-state index >= 15 is 0 Å². The lowest BCUT2D eigenvalue weighted by Gasteiger charge is -2.29. The van der Waals surface area contributed by atoms with E-state index in [1.165, 1.54) is 18.1 Å². The van der Waals surface area contributed by atoms with Crippen LogP contribution in [0.25, 0.3) is 6.08 Å². The molecule has 1 N–H and O–H groups in total. The molecule has 0 bridgehead atoms. The molecule has 1 aliphatic rings. The minimum Gasteiger partial charge on any atom is -0.493 e. The maximum Gasteiger partial charge on any atom is 0.270 e. The Kier molecular flexibility index (Phi) is 6.34. The van der Waals surface area contributed by atoms with Gasteiger partial charge in [-0.05, 0) is 77.9 Å². The third-order valence-corrected chi connectivity index (χ3v) is 5.12. The molecular weight excluding hydrogens is 456 g/mol. The molecule has 2 aromatic carbocycles. The van der Waals surface area contributed by atoms with Crippen molar-refractivity contribution in [2.45, 2.75) is 13.8 Å². The van der Waals surface area contributed by atoms with Crippen molar-refractivity contribution in [1.82, 2.24) is 5.32 Å². The molecule has 2 aromatic rings. The number of nitrogens with one attached hydrogen (secondary N) is 1. The number of anilines is 1. The Bertz CT molecular complexity index is 1020. The predicted molar refractivity (Wildman–Crippen MR) is 119 cm³/mol. The molecule has 150 valence electrons. The Balaban J connectivity index is 2.02. The van der Waals surface area contributed by atoms with Gasteiger partial charge < -0.3 is 9.47 Å². The molecule has 0 saturated carbocycles. The zero-order chi connectivity index (χ0) is 21.1. The third-order valence-electron chi connectivity index (χ3n) is 4.25. The van der Waals surface area contributed by atoms with E-state index in [4.69, 9.17) is 21.7 Å². The number of ether oxygens (including phenoxy) is 2. The van der Waals surface area contributed by atoms with Gasteiger partial charge in [0.1, 0.15) is 5.57 Å². The molecule has 2 amide bonds. The summed E-state index contributed by atoms with van der Waals surface area (Å²) < 4.78 is 11.6. The van der Waals surface area contributed by atoms with E-state index in [1.54, 1.807) is 24.3 Å². The van der Waals surface area contributed by atoms with Gasteiger partial charge in [-0.2, -0.15) is 0 Å². The maximum atomic E-state index is 13.1.